The van der Waals surface area contributed by atoms with Crippen molar-refractivity contribution in [3.8, 4) is 0 Å². The number of likely N-dealkylation sites (tertiary alicyclic amines) is 1. The Morgan fingerprint density at radius 1 is 1.00 bits per heavy atom. The summed E-state index contributed by atoms with van der Waals surface area (Å²) in [5.41, 5.74) is 2.36. The Hall–Kier alpha value is -2.08. The number of benzene rings is 1. The molecule has 6 heteroatoms. The van der Waals surface area contributed by atoms with Gasteiger partial charge in [0.25, 0.3) is 0 Å². The topological polar surface area (TPSA) is 65.9 Å². The molecule has 0 aliphatic carbocycles. The molecule has 6 nitrogen and oxygen atoms in total. The Labute approximate surface area is 156 Å². The summed E-state index contributed by atoms with van der Waals surface area (Å²) < 4.78 is 0. The molecular formula is C20H33N4O2+. The van der Waals surface area contributed by atoms with Gasteiger partial charge in [0.05, 0.1) is 19.6 Å². The lowest BCUT2D eigenvalue weighted by Gasteiger charge is -2.25. The zero-order valence-corrected chi connectivity index (χ0v) is 16.5. The molecule has 1 aromatic rings. The van der Waals surface area contributed by atoms with Crippen molar-refractivity contribution < 1.29 is 14.5 Å². The molecule has 1 heterocycles. The van der Waals surface area contributed by atoms with E-state index in [0.717, 1.165) is 18.8 Å². The summed E-state index contributed by atoms with van der Waals surface area (Å²) in [5, 5.41) is 5.51. The van der Waals surface area contributed by atoms with E-state index in [2.05, 4.69) is 39.8 Å². The quantitative estimate of drug-likeness (QED) is 0.615. The number of rotatable bonds is 7. The first kappa shape index (κ1) is 20.2. The van der Waals surface area contributed by atoms with Gasteiger partial charge in [0.15, 0.2) is 0 Å². The minimum absolute atomic E-state index is 0.176. The zero-order valence-electron chi connectivity index (χ0n) is 16.5. The van der Waals surface area contributed by atoms with Gasteiger partial charge in [-0.2, -0.15) is 0 Å². The minimum atomic E-state index is -0.545. The molecule has 26 heavy (non-hydrogen) atoms. The second-order valence-corrected chi connectivity index (χ2v) is 7.72. The van der Waals surface area contributed by atoms with Crippen molar-refractivity contribution in [3.05, 3.63) is 29.8 Å². The molecule has 1 aliphatic heterocycles. The number of hydrogen-bond acceptors (Lipinski definition) is 3. The Balaban J connectivity index is 2.01. The van der Waals surface area contributed by atoms with Crippen LogP contribution in [0.3, 0.4) is 0 Å². The number of nitrogens with one attached hydrogen (secondary N) is 3. The summed E-state index contributed by atoms with van der Waals surface area (Å²) in [6.45, 7) is 7.21. The molecule has 0 saturated carbocycles. The Bertz CT molecular complexity index is 592. The molecule has 3 N–H and O–H groups in total. The molecule has 1 atom stereocenters. The SMILES string of the molecule is CC(C)CNC(=O)C(=O)NC[C@H](c1ccc(N(C)C)cc1)[NH+]1CCCC1. The third-order valence-corrected chi connectivity index (χ3v) is 4.89. The van der Waals surface area contributed by atoms with E-state index in [9.17, 15) is 9.59 Å². The van der Waals surface area contributed by atoms with Crippen molar-refractivity contribution in [1.82, 2.24) is 10.6 Å². The molecule has 0 bridgehead atoms. The van der Waals surface area contributed by atoms with Crippen molar-refractivity contribution in [2.75, 3.05) is 45.2 Å². The number of nitrogens with zero attached hydrogens (tertiary/aromatic N) is 1. The van der Waals surface area contributed by atoms with E-state index in [1.165, 1.54) is 23.3 Å². The van der Waals surface area contributed by atoms with Gasteiger partial charge >= 0.3 is 11.8 Å². The van der Waals surface area contributed by atoms with E-state index >= 15 is 0 Å². The van der Waals surface area contributed by atoms with Crippen molar-refractivity contribution in [1.29, 1.82) is 0 Å². The summed E-state index contributed by atoms with van der Waals surface area (Å²) in [4.78, 5) is 27.6. The standard InChI is InChI=1S/C20H32N4O2/c1-15(2)13-21-19(25)20(26)22-14-18(24-11-5-6-12-24)16-7-9-17(10-8-16)23(3)4/h7-10,15,18H,5-6,11-14H2,1-4H3,(H,21,25)(H,22,26)/p+1/t18-/m1/s1. The molecule has 1 saturated heterocycles. The van der Waals surface area contributed by atoms with E-state index in [0.29, 0.717) is 19.0 Å². The molecule has 144 valence electrons. The molecular weight excluding hydrogens is 328 g/mol. The van der Waals surface area contributed by atoms with Crippen molar-refractivity contribution in [3.63, 3.8) is 0 Å². The van der Waals surface area contributed by atoms with Gasteiger partial charge in [0.2, 0.25) is 0 Å². The number of hydrogen-bond donors (Lipinski definition) is 3. The van der Waals surface area contributed by atoms with E-state index < -0.39 is 11.8 Å². The van der Waals surface area contributed by atoms with Gasteiger partial charge in [-0.25, -0.2) is 0 Å². The van der Waals surface area contributed by atoms with Crippen LogP contribution in [-0.2, 0) is 9.59 Å². The zero-order chi connectivity index (χ0) is 19.1. The van der Waals surface area contributed by atoms with Crippen LogP contribution in [0.2, 0.25) is 0 Å². The highest BCUT2D eigenvalue weighted by molar-refractivity contribution is 6.35. The molecule has 1 fully saturated rings. The van der Waals surface area contributed by atoms with Crippen LogP contribution in [0.15, 0.2) is 24.3 Å². The Kier molecular flexibility index (Phi) is 7.45. The van der Waals surface area contributed by atoms with Crippen LogP contribution in [0.25, 0.3) is 0 Å². The maximum atomic E-state index is 12.1. The average Bonchev–Trinajstić information content (AvgIpc) is 3.14. The molecule has 0 radical (unpaired) electrons. The first-order valence-electron chi connectivity index (χ1n) is 9.56. The first-order chi connectivity index (χ1) is 12.4. The predicted octanol–water partition coefficient (Wildman–Crippen LogP) is 0.361. The highest BCUT2D eigenvalue weighted by atomic mass is 16.2. The average molecular weight is 362 g/mol. The summed E-state index contributed by atoms with van der Waals surface area (Å²) in [5.74, 6) is -0.764. The molecule has 0 unspecified atom stereocenters. The number of carbonyl (C=O) groups is 2. The maximum absolute atomic E-state index is 12.1. The van der Waals surface area contributed by atoms with Crippen molar-refractivity contribution >= 4 is 17.5 Å². The third kappa shape index (κ3) is 5.73. The van der Waals surface area contributed by atoms with Gasteiger partial charge < -0.3 is 20.4 Å². The van der Waals surface area contributed by atoms with Crippen LogP contribution in [0.4, 0.5) is 5.69 Å². The highest BCUT2D eigenvalue weighted by Gasteiger charge is 2.28. The van der Waals surface area contributed by atoms with Crippen LogP contribution < -0.4 is 20.4 Å². The van der Waals surface area contributed by atoms with Gasteiger partial charge in [0, 0.05) is 44.7 Å². The summed E-state index contributed by atoms with van der Waals surface area (Å²) >= 11 is 0. The Morgan fingerprint density at radius 2 is 1.54 bits per heavy atom. The van der Waals surface area contributed by atoms with E-state index in [-0.39, 0.29) is 6.04 Å². The van der Waals surface area contributed by atoms with Crippen LogP contribution in [0.5, 0.6) is 0 Å². The molecule has 2 amide bonds. The van der Waals surface area contributed by atoms with Gasteiger partial charge in [-0.1, -0.05) is 26.0 Å². The fourth-order valence-corrected chi connectivity index (χ4v) is 3.33. The van der Waals surface area contributed by atoms with E-state index in [1.54, 1.807) is 0 Å². The lowest BCUT2D eigenvalue weighted by Crippen LogP contribution is -3.11. The smallest absolute Gasteiger partial charge is 0.309 e. The summed E-state index contributed by atoms with van der Waals surface area (Å²) in [7, 11) is 4.04. The number of amides is 2. The van der Waals surface area contributed by atoms with Crippen molar-refractivity contribution in [2.45, 2.75) is 32.7 Å². The maximum Gasteiger partial charge on any atom is 0.309 e. The predicted molar refractivity (Wildman–Crippen MR) is 104 cm³/mol. The van der Waals surface area contributed by atoms with Crippen LogP contribution in [0, 0.1) is 5.92 Å². The largest absolute Gasteiger partial charge is 0.378 e. The third-order valence-electron chi connectivity index (χ3n) is 4.89. The molecule has 0 spiro atoms. The van der Waals surface area contributed by atoms with Gasteiger partial charge in [-0.05, 0) is 18.1 Å². The highest BCUT2D eigenvalue weighted by Crippen LogP contribution is 2.17. The summed E-state index contributed by atoms with van der Waals surface area (Å²) in [6.07, 6.45) is 2.43. The molecule has 0 aromatic heterocycles. The minimum Gasteiger partial charge on any atom is -0.378 e. The molecule has 1 aliphatic rings. The second-order valence-electron chi connectivity index (χ2n) is 7.72. The molecule has 2 rings (SSSR count). The summed E-state index contributed by atoms with van der Waals surface area (Å²) in [6, 6.07) is 8.66. The number of carbonyl (C=O) groups excluding carboxylic acids is 2. The second kappa shape index (κ2) is 9.57. The number of anilines is 1. The molecule has 1 aromatic carbocycles. The van der Waals surface area contributed by atoms with Crippen molar-refractivity contribution in [2.24, 2.45) is 5.92 Å². The lowest BCUT2D eigenvalue weighted by molar-refractivity contribution is -0.918. The first-order valence-corrected chi connectivity index (χ1v) is 9.56. The van der Waals surface area contributed by atoms with Gasteiger partial charge in [0.1, 0.15) is 6.04 Å². The fourth-order valence-electron chi connectivity index (χ4n) is 3.33. The Morgan fingerprint density at radius 3 is 2.04 bits per heavy atom. The van der Waals surface area contributed by atoms with Crippen LogP contribution in [-0.4, -0.2) is 52.1 Å². The van der Waals surface area contributed by atoms with Crippen LogP contribution in [0.1, 0.15) is 38.3 Å². The van der Waals surface area contributed by atoms with Gasteiger partial charge in [-0.3, -0.25) is 9.59 Å². The fraction of sp³-hybridized carbons (Fsp3) is 0.600. The monoisotopic (exact) mass is 361 g/mol. The lowest BCUT2D eigenvalue weighted by atomic mass is 10.0. The van der Waals surface area contributed by atoms with E-state index in [1.807, 2.05) is 27.9 Å². The van der Waals surface area contributed by atoms with E-state index in [4.69, 9.17) is 0 Å². The normalized spacial score (nSPS) is 15.7. The van der Waals surface area contributed by atoms with Crippen LogP contribution >= 0.6 is 0 Å². The van der Waals surface area contributed by atoms with Gasteiger partial charge in [-0.15, -0.1) is 0 Å². The number of quaternary nitrogens is 1.